The Morgan fingerprint density at radius 1 is 1.18 bits per heavy atom. The molecule has 1 aromatic heterocycles. The molecule has 1 amide bonds. The molecule has 6 nitrogen and oxygen atoms in total. The number of hydrogen-bond acceptors (Lipinski definition) is 4. The van der Waals surface area contributed by atoms with Crippen LogP contribution in [0.3, 0.4) is 0 Å². The van der Waals surface area contributed by atoms with E-state index in [4.69, 9.17) is 4.74 Å². The molecule has 2 aromatic rings. The lowest BCUT2D eigenvalue weighted by atomic mass is 9.85. The second kappa shape index (κ2) is 10.0. The summed E-state index contributed by atoms with van der Waals surface area (Å²) < 4.78 is 44.9. The van der Waals surface area contributed by atoms with Crippen LogP contribution >= 0.6 is 0 Å². The van der Waals surface area contributed by atoms with Crippen LogP contribution in [0.2, 0.25) is 0 Å². The third-order valence-corrected chi connectivity index (χ3v) is 6.48. The number of ether oxygens (including phenoxy) is 1. The molecule has 9 heteroatoms. The van der Waals surface area contributed by atoms with Gasteiger partial charge in [-0.3, -0.25) is 4.79 Å². The van der Waals surface area contributed by atoms with Crippen LogP contribution in [0.4, 0.5) is 13.2 Å². The monoisotopic (exact) mass is 475 g/mol. The van der Waals surface area contributed by atoms with Crippen molar-refractivity contribution < 1.29 is 27.5 Å². The summed E-state index contributed by atoms with van der Waals surface area (Å²) in [5.74, 6) is -2.05. The summed E-state index contributed by atoms with van der Waals surface area (Å²) in [7, 11) is 1.86. The molecule has 0 radical (unpaired) electrons. The number of carbonyl (C=O) groups excluding carboxylic acids is 2. The van der Waals surface area contributed by atoms with Crippen molar-refractivity contribution in [3.05, 3.63) is 53.6 Å². The molecule has 1 aliphatic heterocycles. The Kier molecular flexibility index (Phi) is 7.09. The van der Waals surface area contributed by atoms with Crippen molar-refractivity contribution in [1.29, 1.82) is 0 Å². The first-order chi connectivity index (χ1) is 16.2. The normalized spacial score (nSPS) is 17.4. The first kappa shape index (κ1) is 24.0. The smallest absolute Gasteiger partial charge is 0.419 e. The van der Waals surface area contributed by atoms with Gasteiger partial charge >= 0.3 is 12.1 Å². The molecule has 1 saturated heterocycles. The van der Waals surface area contributed by atoms with Gasteiger partial charge in [-0.25, -0.2) is 9.78 Å². The van der Waals surface area contributed by atoms with Gasteiger partial charge in [-0.2, -0.15) is 13.2 Å². The summed E-state index contributed by atoms with van der Waals surface area (Å²) in [6.07, 6.45) is 5.82. The van der Waals surface area contributed by atoms with E-state index in [1.54, 1.807) is 12.4 Å². The summed E-state index contributed by atoms with van der Waals surface area (Å²) in [4.78, 5) is 30.2. The van der Waals surface area contributed by atoms with E-state index in [2.05, 4.69) is 4.98 Å². The zero-order valence-electron chi connectivity index (χ0n) is 19.1. The minimum atomic E-state index is -5.05. The molecule has 1 aliphatic carbocycles. The standard InChI is InChI=1S/C25H28F3N3O3/c1-30-15-20(29-16-30)14-23(32)31-11-9-17(10-12-31)19-7-8-22(34-24(33)25(26,27)28)21(13-19)18-5-3-2-4-6-18/h5,7-8,13,15-17H,2-4,6,9-12,14H2,1H3. The maximum atomic E-state index is 12.8. The number of piperidine rings is 1. The van der Waals surface area contributed by atoms with Crippen LogP contribution in [-0.2, 0) is 23.1 Å². The molecule has 0 saturated carbocycles. The molecule has 1 fully saturated rings. The van der Waals surface area contributed by atoms with E-state index < -0.39 is 12.1 Å². The van der Waals surface area contributed by atoms with E-state index in [0.717, 1.165) is 55.4 Å². The largest absolute Gasteiger partial charge is 0.491 e. The van der Waals surface area contributed by atoms with Gasteiger partial charge in [0.15, 0.2) is 0 Å². The molecule has 0 unspecified atom stereocenters. The van der Waals surface area contributed by atoms with Crippen molar-refractivity contribution in [3.8, 4) is 5.75 Å². The van der Waals surface area contributed by atoms with Gasteiger partial charge < -0.3 is 14.2 Å². The predicted octanol–water partition coefficient (Wildman–Crippen LogP) is 4.79. The van der Waals surface area contributed by atoms with Crippen molar-refractivity contribution in [2.24, 2.45) is 7.05 Å². The lowest BCUT2D eigenvalue weighted by Gasteiger charge is -2.32. The number of hydrogen-bond donors (Lipinski definition) is 0. The fourth-order valence-electron chi connectivity index (χ4n) is 4.67. The molecule has 2 aliphatic rings. The number of amides is 1. The molecule has 34 heavy (non-hydrogen) atoms. The summed E-state index contributed by atoms with van der Waals surface area (Å²) in [6, 6.07) is 5.08. The summed E-state index contributed by atoms with van der Waals surface area (Å²) >= 11 is 0. The van der Waals surface area contributed by atoms with Crippen molar-refractivity contribution in [3.63, 3.8) is 0 Å². The Morgan fingerprint density at radius 3 is 2.56 bits per heavy atom. The number of alkyl halides is 3. The highest BCUT2D eigenvalue weighted by Crippen LogP contribution is 2.38. The molecule has 182 valence electrons. The third-order valence-electron chi connectivity index (χ3n) is 6.48. The number of halogens is 3. The summed E-state index contributed by atoms with van der Waals surface area (Å²) in [5.41, 5.74) is 3.21. The highest BCUT2D eigenvalue weighted by Gasteiger charge is 2.42. The van der Waals surface area contributed by atoms with Crippen molar-refractivity contribution >= 4 is 17.4 Å². The molecule has 0 bridgehead atoms. The number of esters is 1. The molecule has 2 heterocycles. The topological polar surface area (TPSA) is 64.4 Å². The van der Waals surface area contributed by atoms with Gasteiger partial charge in [-0.1, -0.05) is 12.1 Å². The number of likely N-dealkylation sites (tertiary alicyclic amines) is 1. The molecule has 0 atom stereocenters. The van der Waals surface area contributed by atoms with Crippen molar-refractivity contribution in [2.75, 3.05) is 13.1 Å². The number of benzene rings is 1. The van der Waals surface area contributed by atoms with E-state index in [0.29, 0.717) is 18.7 Å². The first-order valence-electron chi connectivity index (χ1n) is 11.6. The SMILES string of the molecule is Cn1cnc(CC(=O)N2CCC(c3ccc(OC(=O)C(F)(F)F)c(C4=CCCCC4)c3)CC2)c1. The number of rotatable bonds is 5. The summed E-state index contributed by atoms with van der Waals surface area (Å²) in [6.45, 7) is 1.22. The van der Waals surface area contributed by atoms with Gasteiger partial charge in [0.25, 0.3) is 0 Å². The number of imidazole rings is 1. The maximum absolute atomic E-state index is 12.8. The fraction of sp³-hybridized carbons (Fsp3) is 0.480. The Morgan fingerprint density at radius 2 is 1.94 bits per heavy atom. The molecule has 4 rings (SSSR count). The van der Waals surface area contributed by atoms with E-state index in [1.165, 1.54) is 6.07 Å². The van der Waals surface area contributed by atoms with Gasteiger partial charge in [0.05, 0.1) is 18.4 Å². The van der Waals surface area contributed by atoms with Gasteiger partial charge in [0.2, 0.25) is 5.91 Å². The predicted molar refractivity (Wildman–Crippen MR) is 120 cm³/mol. The number of nitrogens with zero attached hydrogens (tertiary/aromatic N) is 3. The number of carbonyl (C=O) groups is 2. The summed E-state index contributed by atoms with van der Waals surface area (Å²) in [5, 5.41) is 0. The average molecular weight is 476 g/mol. The van der Waals surface area contributed by atoms with Crippen molar-refractivity contribution in [1.82, 2.24) is 14.5 Å². The molecule has 1 aromatic carbocycles. The van der Waals surface area contributed by atoms with E-state index in [1.807, 2.05) is 34.9 Å². The quantitative estimate of drug-likeness (QED) is 0.461. The molecular formula is C25H28F3N3O3. The van der Waals surface area contributed by atoms with Crippen LogP contribution in [0.15, 0.2) is 36.8 Å². The van der Waals surface area contributed by atoms with Crippen LogP contribution in [0.5, 0.6) is 5.75 Å². The van der Waals surface area contributed by atoms with Crippen LogP contribution in [0.1, 0.15) is 61.3 Å². The highest BCUT2D eigenvalue weighted by atomic mass is 19.4. The van der Waals surface area contributed by atoms with E-state index in [9.17, 15) is 22.8 Å². The van der Waals surface area contributed by atoms with Crippen LogP contribution in [-0.4, -0.2) is 45.6 Å². The highest BCUT2D eigenvalue weighted by molar-refractivity contribution is 5.81. The van der Waals surface area contributed by atoms with Gasteiger partial charge in [-0.15, -0.1) is 0 Å². The Balaban J connectivity index is 1.47. The minimum Gasteiger partial charge on any atom is -0.419 e. The molecular weight excluding hydrogens is 447 g/mol. The zero-order chi connectivity index (χ0) is 24.3. The second-order valence-corrected chi connectivity index (χ2v) is 8.98. The minimum absolute atomic E-state index is 0.0413. The van der Waals surface area contributed by atoms with Gasteiger partial charge in [-0.05, 0) is 67.7 Å². The number of aryl methyl sites for hydroxylation is 1. The maximum Gasteiger partial charge on any atom is 0.491 e. The second-order valence-electron chi connectivity index (χ2n) is 8.98. The Hall–Kier alpha value is -3.10. The molecule has 0 spiro atoms. The average Bonchev–Trinajstić information content (AvgIpc) is 3.23. The number of allylic oxidation sites excluding steroid dienone is 2. The third kappa shape index (κ3) is 5.69. The van der Waals surface area contributed by atoms with Crippen LogP contribution in [0, 0.1) is 0 Å². The van der Waals surface area contributed by atoms with Crippen LogP contribution in [0.25, 0.3) is 5.57 Å². The first-order valence-corrected chi connectivity index (χ1v) is 11.6. The lowest BCUT2D eigenvalue weighted by Crippen LogP contribution is -2.38. The van der Waals surface area contributed by atoms with Gasteiger partial charge in [0.1, 0.15) is 5.75 Å². The van der Waals surface area contributed by atoms with Gasteiger partial charge in [0, 0.05) is 31.9 Å². The number of aromatic nitrogens is 2. The van der Waals surface area contributed by atoms with Crippen LogP contribution < -0.4 is 4.74 Å². The lowest BCUT2D eigenvalue weighted by molar-refractivity contribution is -0.189. The Labute approximate surface area is 196 Å². The van der Waals surface area contributed by atoms with E-state index >= 15 is 0 Å². The Bertz CT molecular complexity index is 1080. The molecule has 0 N–H and O–H groups in total. The zero-order valence-corrected chi connectivity index (χ0v) is 19.1. The fourth-order valence-corrected chi connectivity index (χ4v) is 4.67. The van der Waals surface area contributed by atoms with E-state index in [-0.39, 0.29) is 24.0 Å². The van der Waals surface area contributed by atoms with Crippen molar-refractivity contribution in [2.45, 2.75) is 57.0 Å².